The summed E-state index contributed by atoms with van der Waals surface area (Å²) in [5, 5.41) is 0. The van der Waals surface area contributed by atoms with Crippen molar-refractivity contribution in [1.82, 2.24) is 4.31 Å². The van der Waals surface area contributed by atoms with Gasteiger partial charge in [-0.1, -0.05) is 56.2 Å². The number of nitrogens with zero attached hydrogens (tertiary/aromatic N) is 1. The summed E-state index contributed by atoms with van der Waals surface area (Å²) in [7, 11) is 3.70. The van der Waals surface area contributed by atoms with Crippen molar-refractivity contribution in [3.8, 4) is 11.1 Å². The lowest BCUT2D eigenvalue weighted by molar-refractivity contribution is 0.431. The van der Waals surface area contributed by atoms with Gasteiger partial charge in [-0.05, 0) is 55.5 Å². The van der Waals surface area contributed by atoms with Crippen molar-refractivity contribution in [3.05, 3.63) is 59.4 Å². The first-order chi connectivity index (χ1) is 12.6. The van der Waals surface area contributed by atoms with Gasteiger partial charge in [0.15, 0.2) is 0 Å². The first-order valence-electron chi connectivity index (χ1n) is 9.43. The standard InChI is InChI=1S/C22H30FNOS/c1-4-5-6-8-19-12-15-21(22(23)17-19)20-13-10-18(11-14-20)9-7-16-24(2)26-25-3/h10-15,17H,4-9,16H2,1-3H3. The molecule has 0 aliphatic heterocycles. The quantitative estimate of drug-likeness (QED) is 0.260. The fourth-order valence-electron chi connectivity index (χ4n) is 3.05. The van der Waals surface area contributed by atoms with E-state index in [1.54, 1.807) is 13.2 Å². The Balaban J connectivity index is 1.93. The molecule has 0 aliphatic rings. The largest absolute Gasteiger partial charge is 0.304 e. The second-order valence-corrected chi connectivity index (χ2v) is 7.77. The normalized spacial score (nSPS) is 11.3. The Kier molecular flexibility index (Phi) is 9.16. The zero-order chi connectivity index (χ0) is 18.8. The fourth-order valence-corrected chi connectivity index (χ4v) is 3.51. The highest BCUT2D eigenvalue weighted by atomic mass is 32.2. The molecule has 0 aliphatic carbocycles. The summed E-state index contributed by atoms with van der Waals surface area (Å²) in [4.78, 5) is 0. The van der Waals surface area contributed by atoms with Crippen LogP contribution in [-0.4, -0.2) is 25.0 Å². The molecule has 2 rings (SSSR count). The molecule has 0 radical (unpaired) electrons. The van der Waals surface area contributed by atoms with Gasteiger partial charge in [0, 0.05) is 12.1 Å². The summed E-state index contributed by atoms with van der Waals surface area (Å²) in [6.45, 7) is 3.15. The van der Waals surface area contributed by atoms with E-state index in [-0.39, 0.29) is 5.82 Å². The second kappa shape index (κ2) is 11.4. The number of hydrogen-bond acceptors (Lipinski definition) is 3. The minimum Gasteiger partial charge on any atom is -0.304 e. The molecular weight excluding hydrogens is 345 g/mol. The predicted octanol–water partition coefficient (Wildman–Crippen LogP) is 6.30. The third-order valence-electron chi connectivity index (χ3n) is 4.51. The monoisotopic (exact) mass is 375 g/mol. The Labute approximate surface area is 162 Å². The van der Waals surface area contributed by atoms with E-state index in [0.29, 0.717) is 5.56 Å². The van der Waals surface area contributed by atoms with Crippen LogP contribution in [0.25, 0.3) is 11.1 Å². The van der Waals surface area contributed by atoms with E-state index < -0.39 is 0 Å². The average molecular weight is 376 g/mol. The zero-order valence-corrected chi connectivity index (χ0v) is 16.9. The molecule has 0 heterocycles. The molecule has 142 valence electrons. The van der Waals surface area contributed by atoms with Crippen molar-refractivity contribution in [3.63, 3.8) is 0 Å². The van der Waals surface area contributed by atoms with Crippen LogP contribution in [0.1, 0.15) is 43.7 Å². The molecule has 4 heteroatoms. The van der Waals surface area contributed by atoms with Gasteiger partial charge in [-0.25, -0.2) is 8.70 Å². The van der Waals surface area contributed by atoms with Crippen LogP contribution in [0.4, 0.5) is 4.39 Å². The van der Waals surface area contributed by atoms with E-state index in [4.69, 9.17) is 4.18 Å². The molecular formula is C22H30FNOS. The lowest BCUT2D eigenvalue weighted by atomic mass is 9.99. The Hall–Kier alpha value is -1.36. The predicted molar refractivity (Wildman–Crippen MR) is 111 cm³/mol. The van der Waals surface area contributed by atoms with Gasteiger partial charge in [-0.3, -0.25) is 0 Å². The molecule has 2 nitrogen and oxygen atoms in total. The molecule has 26 heavy (non-hydrogen) atoms. The maximum atomic E-state index is 14.5. The fraction of sp³-hybridized carbons (Fsp3) is 0.455. The van der Waals surface area contributed by atoms with Gasteiger partial charge in [0.25, 0.3) is 0 Å². The number of benzene rings is 2. The highest BCUT2D eigenvalue weighted by Crippen LogP contribution is 2.25. The van der Waals surface area contributed by atoms with Crippen molar-refractivity contribution in [2.24, 2.45) is 0 Å². The average Bonchev–Trinajstić information content (AvgIpc) is 2.63. The number of unbranched alkanes of at least 4 members (excludes halogenated alkanes) is 2. The summed E-state index contributed by atoms with van der Waals surface area (Å²) in [6.07, 6.45) is 6.54. The van der Waals surface area contributed by atoms with E-state index in [9.17, 15) is 4.39 Å². The second-order valence-electron chi connectivity index (χ2n) is 6.66. The molecule has 0 aromatic heterocycles. The summed E-state index contributed by atoms with van der Waals surface area (Å²) in [5.41, 5.74) is 4.00. The molecule has 0 fully saturated rings. The lowest BCUT2D eigenvalue weighted by Gasteiger charge is -2.12. The first kappa shape index (κ1) is 20.9. The summed E-state index contributed by atoms with van der Waals surface area (Å²) < 4.78 is 21.6. The van der Waals surface area contributed by atoms with Crippen LogP contribution in [0.5, 0.6) is 0 Å². The third kappa shape index (κ3) is 6.75. The molecule has 0 amide bonds. The topological polar surface area (TPSA) is 12.5 Å². The van der Waals surface area contributed by atoms with Crippen LogP contribution in [0.2, 0.25) is 0 Å². The van der Waals surface area contributed by atoms with Crippen LogP contribution in [0, 0.1) is 5.82 Å². The van der Waals surface area contributed by atoms with Crippen molar-refractivity contribution in [1.29, 1.82) is 0 Å². The van der Waals surface area contributed by atoms with Crippen LogP contribution in [-0.2, 0) is 17.0 Å². The van der Waals surface area contributed by atoms with Crippen LogP contribution in [0.3, 0.4) is 0 Å². The van der Waals surface area contributed by atoms with Crippen molar-refractivity contribution < 1.29 is 8.57 Å². The van der Waals surface area contributed by atoms with Crippen LogP contribution >= 0.6 is 12.2 Å². The van der Waals surface area contributed by atoms with Gasteiger partial charge in [-0.2, -0.15) is 0 Å². The van der Waals surface area contributed by atoms with Gasteiger partial charge in [0.05, 0.1) is 19.3 Å². The molecule has 0 unspecified atom stereocenters. The number of rotatable bonds is 11. The molecule has 0 N–H and O–H groups in total. The maximum Gasteiger partial charge on any atom is 0.131 e. The van der Waals surface area contributed by atoms with Gasteiger partial charge in [0.2, 0.25) is 0 Å². The number of halogens is 1. The first-order valence-corrected chi connectivity index (χ1v) is 10.1. The minimum atomic E-state index is -0.120. The van der Waals surface area contributed by atoms with E-state index in [1.807, 2.05) is 25.2 Å². The van der Waals surface area contributed by atoms with Crippen molar-refractivity contribution in [2.75, 3.05) is 20.7 Å². The van der Waals surface area contributed by atoms with Gasteiger partial charge in [-0.15, -0.1) is 0 Å². The van der Waals surface area contributed by atoms with Crippen LogP contribution < -0.4 is 0 Å². The smallest absolute Gasteiger partial charge is 0.131 e. The maximum absolute atomic E-state index is 14.5. The molecule has 2 aromatic rings. The molecule has 0 atom stereocenters. The third-order valence-corrected chi connectivity index (χ3v) is 5.09. The van der Waals surface area contributed by atoms with Gasteiger partial charge in [0.1, 0.15) is 5.82 Å². The van der Waals surface area contributed by atoms with Gasteiger partial charge < -0.3 is 4.18 Å². The molecule has 0 saturated carbocycles. The Morgan fingerprint density at radius 2 is 1.65 bits per heavy atom. The van der Waals surface area contributed by atoms with Crippen LogP contribution in [0.15, 0.2) is 42.5 Å². The Morgan fingerprint density at radius 3 is 2.31 bits per heavy atom. The van der Waals surface area contributed by atoms with Crippen molar-refractivity contribution >= 4 is 12.2 Å². The molecule has 2 aromatic carbocycles. The minimum absolute atomic E-state index is 0.120. The molecule has 0 bridgehead atoms. The number of aryl methyl sites for hydroxylation is 2. The highest BCUT2D eigenvalue weighted by molar-refractivity contribution is 7.92. The van der Waals surface area contributed by atoms with E-state index in [0.717, 1.165) is 43.4 Å². The van der Waals surface area contributed by atoms with E-state index in [1.165, 1.54) is 30.6 Å². The highest BCUT2D eigenvalue weighted by Gasteiger charge is 2.07. The SMILES string of the molecule is CCCCCc1ccc(-c2ccc(CCCN(C)SOC)cc2)c(F)c1. The zero-order valence-electron chi connectivity index (χ0n) is 16.1. The van der Waals surface area contributed by atoms with Gasteiger partial charge >= 0.3 is 0 Å². The Morgan fingerprint density at radius 1 is 0.962 bits per heavy atom. The lowest BCUT2D eigenvalue weighted by Crippen LogP contribution is -2.11. The number of hydrogen-bond donors (Lipinski definition) is 0. The Bertz CT molecular complexity index is 660. The molecule has 0 saturated heterocycles. The summed E-state index contributed by atoms with van der Waals surface area (Å²) >= 11 is 1.37. The van der Waals surface area contributed by atoms with E-state index in [2.05, 4.69) is 29.4 Å². The molecule has 0 spiro atoms. The summed E-state index contributed by atoms with van der Waals surface area (Å²) in [6, 6.07) is 13.9. The van der Waals surface area contributed by atoms with Crippen molar-refractivity contribution in [2.45, 2.75) is 45.4 Å². The summed E-state index contributed by atoms with van der Waals surface area (Å²) in [5.74, 6) is -0.120. The van der Waals surface area contributed by atoms with E-state index >= 15 is 0 Å².